The monoisotopic (exact) mass is 518 g/mol. The molecule has 9 nitrogen and oxygen atoms in total. The first kappa shape index (κ1) is 28.7. The summed E-state index contributed by atoms with van der Waals surface area (Å²) in [5.74, 6) is 1.01. The van der Waals surface area contributed by atoms with Crippen molar-refractivity contribution in [1.82, 2.24) is 30.5 Å². The minimum absolute atomic E-state index is 0.120. The molecular weight excluding hydrogens is 480 g/mol. The van der Waals surface area contributed by atoms with Crippen LogP contribution < -0.4 is 5.32 Å². The number of carbonyl (C=O) groups is 2. The maximum absolute atomic E-state index is 12.2. The Morgan fingerprint density at radius 1 is 1.13 bits per heavy atom. The summed E-state index contributed by atoms with van der Waals surface area (Å²) < 4.78 is 7.08. The van der Waals surface area contributed by atoms with Crippen LogP contribution in [0.5, 0.6) is 0 Å². The fourth-order valence-electron chi connectivity index (χ4n) is 4.75. The molecular formula is C29H38N6O3. The quantitative estimate of drug-likeness (QED) is 0.303. The van der Waals surface area contributed by atoms with E-state index in [0.29, 0.717) is 22.7 Å². The normalized spacial score (nSPS) is 15.0. The lowest BCUT2D eigenvalue weighted by Crippen LogP contribution is -2.26. The topological polar surface area (TPSA) is 116 Å². The van der Waals surface area contributed by atoms with Gasteiger partial charge in [0.2, 0.25) is 0 Å². The Labute approximate surface area is 224 Å². The van der Waals surface area contributed by atoms with E-state index in [1.165, 1.54) is 48.7 Å². The number of hydrogen-bond donors (Lipinski definition) is 1. The van der Waals surface area contributed by atoms with Gasteiger partial charge in [-0.1, -0.05) is 56.5 Å². The average molecular weight is 519 g/mol. The highest BCUT2D eigenvalue weighted by molar-refractivity contribution is 5.96. The van der Waals surface area contributed by atoms with Gasteiger partial charge in [-0.15, -0.1) is 5.10 Å². The highest BCUT2D eigenvalue weighted by atomic mass is 16.3. The van der Waals surface area contributed by atoms with Crippen LogP contribution in [0.4, 0.5) is 0 Å². The number of aromatic nitrogens is 5. The maximum Gasteiger partial charge on any atom is 0.287 e. The number of pyridine rings is 1. The van der Waals surface area contributed by atoms with Crippen LogP contribution in [0.2, 0.25) is 0 Å². The summed E-state index contributed by atoms with van der Waals surface area (Å²) in [6.45, 7) is 8.82. The number of nitrogens with zero attached hydrogens (tertiary/aromatic N) is 5. The Hall–Kier alpha value is -3.88. The molecule has 38 heavy (non-hydrogen) atoms. The zero-order chi connectivity index (χ0) is 27.5. The predicted octanol–water partition coefficient (Wildman–Crippen LogP) is 5.57. The molecule has 1 atom stereocenters. The van der Waals surface area contributed by atoms with Gasteiger partial charge in [0.05, 0.1) is 6.20 Å². The van der Waals surface area contributed by atoms with Crippen LogP contribution in [0, 0.1) is 18.3 Å². The van der Waals surface area contributed by atoms with Gasteiger partial charge in [0.25, 0.3) is 5.91 Å². The zero-order valence-electron chi connectivity index (χ0n) is 23.0. The number of tetrazole rings is 1. The molecule has 3 heterocycles. The van der Waals surface area contributed by atoms with Crippen LogP contribution in [-0.4, -0.2) is 43.4 Å². The Morgan fingerprint density at radius 2 is 1.84 bits per heavy atom. The number of aryl methyl sites for hydroxylation is 2. The van der Waals surface area contributed by atoms with Crippen molar-refractivity contribution in [3.05, 3.63) is 72.0 Å². The van der Waals surface area contributed by atoms with Crippen molar-refractivity contribution in [1.29, 1.82) is 0 Å². The number of nitrogens with one attached hydrogen (secondary N) is 1. The van der Waals surface area contributed by atoms with E-state index in [1.54, 1.807) is 32.4 Å². The van der Waals surface area contributed by atoms with Crippen molar-refractivity contribution < 1.29 is 14.0 Å². The van der Waals surface area contributed by atoms with Gasteiger partial charge in [-0.2, -0.15) is 0 Å². The molecule has 0 bridgehead atoms. The van der Waals surface area contributed by atoms with Crippen LogP contribution in [-0.2, 0) is 7.05 Å². The van der Waals surface area contributed by atoms with Crippen LogP contribution in [0.15, 0.2) is 59.5 Å². The number of rotatable bonds is 8. The van der Waals surface area contributed by atoms with E-state index < -0.39 is 0 Å². The van der Waals surface area contributed by atoms with E-state index in [-0.39, 0.29) is 11.7 Å². The highest BCUT2D eigenvalue weighted by Crippen LogP contribution is 2.58. The summed E-state index contributed by atoms with van der Waals surface area (Å²) in [7, 11) is 1.76. The van der Waals surface area contributed by atoms with Gasteiger partial charge in [0.1, 0.15) is 6.33 Å². The molecule has 1 unspecified atom stereocenters. The van der Waals surface area contributed by atoms with Crippen molar-refractivity contribution >= 4 is 22.7 Å². The van der Waals surface area contributed by atoms with Crippen LogP contribution in [0.3, 0.4) is 0 Å². The Balaban J connectivity index is 0.000000204. The largest absolute Gasteiger partial charge is 0.449 e. The van der Waals surface area contributed by atoms with Gasteiger partial charge in [-0.25, -0.2) is 4.68 Å². The zero-order valence-corrected chi connectivity index (χ0v) is 23.0. The number of hydrogen-bond acceptors (Lipinski definition) is 7. The van der Waals surface area contributed by atoms with Crippen molar-refractivity contribution in [3.8, 4) is 0 Å². The number of furan rings is 1. The van der Waals surface area contributed by atoms with Gasteiger partial charge in [-0.3, -0.25) is 14.6 Å². The third-order valence-corrected chi connectivity index (χ3v) is 6.82. The Bertz CT molecular complexity index is 1260. The van der Waals surface area contributed by atoms with Gasteiger partial charge < -0.3 is 9.73 Å². The van der Waals surface area contributed by atoms with Crippen molar-refractivity contribution in [2.45, 2.75) is 59.8 Å². The molecule has 4 aromatic rings. The number of carbonyl (C=O) groups excluding carboxylic acids is 2. The van der Waals surface area contributed by atoms with Crippen LogP contribution >= 0.6 is 0 Å². The fraction of sp³-hybridized carbons (Fsp3) is 0.448. The SMILES string of the molecule is CC(=O)c1ccc(C)cc1.CCCC1(CCC)CC1CNC(=O)c1cc2ccncc2o1.Cn1cnnn1. The first-order chi connectivity index (χ1) is 18.3. The van der Waals surface area contributed by atoms with E-state index in [0.717, 1.165) is 17.5 Å². The lowest BCUT2D eigenvalue weighted by molar-refractivity contribution is 0.0923. The molecule has 1 fully saturated rings. The lowest BCUT2D eigenvalue weighted by Gasteiger charge is -2.15. The maximum atomic E-state index is 12.2. The predicted molar refractivity (Wildman–Crippen MR) is 147 cm³/mol. The average Bonchev–Trinajstić information content (AvgIpc) is 3.22. The van der Waals surface area contributed by atoms with Crippen molar-refractivity contribution in [2.75, 3.05) is 6.54 Å². The molecule has 9 heteroatoms. The summed E-state index contributed by atoms with van der Waals surface area (Å²) >= 11 is 0. The van der Waals surface area contributed by atoms with Crippen molar-refractivity contribution in [3.63, 3.8) is 0 Å². The number of Topliss-reactive ketones (excluding diaryl/α,β-unsaturated/α-hetero) is 1. The minimum Gasteiger partial charge on any atom is -0.449 e. The number of benzene rings is 1. The Kier molecular flexibility index (Phi) is 10.3. The fourth-order valence-corrected chi connectivity index (χ4v) is 4.75. The Morgan fingerprint density at radius 3 is 2.37 bits per heavy atom. The molecule has 1 aliphatic rings. The lowest BCUT2D eigenvalue weighted by atomic mass is 9.92. The van der Waals surface area contributed by atoms with E-state index in [9.17, 15) is 9.59 Å². The number of fused-ring (bicyclic) bond motifs is 1. The van der Waals surface area contributed by atoms with Gasteiger partial charge in [0, 0.05) is 30.7 Å². The molecule has 1 N–H and O–H groups in total. The van der Waals surface area contributed by atoms with Crippen LogP contribution in [0.25, 0.3) is 11.0 Å². The third-order valence-electron chi connectivity index (χ3n) is 6.82. The molecule has 0 aliphatic heterocycles. The second-order valence-corrected chi connectivity index (χ2v) is 9.90. The molecule has 3 aromatic heterocycles. The van der Waals surface area contributed by atoms with E-state index in [1.807, 2.05) is 37.3 Å². The molecule has 202 valence electrons. The molecule has 1 aliphatic carbocycles. The summed E-state index contributed by atoms with van der Waals surface area (Å²) in [6.07, 6.45) is 11.1. The first-order valence-electron chi connectivity index (χ1n) is 13.1. The summed E-state index contributed by atoms with van der Waals surface area (Å²) in [6, 6.07) is 11.2. The summed E-state index contributed by atoms with van der Waals surface area (Å²) in [4.78, 5) is 27.0. The molecule has 1 amide bonds. The number of amides is 1. The standard InChI is InChI=1S/C18H24N2O2.C9H10O.C2H4N4/c1-3-6-18(7-4-2)10-14(18)11-20-17(21)15-9-13-5-8-19-12-16(13)22-15;1-7-3-5-9(6-4-7)8(2)10;1-6-2-3-4-5-6/h5,8-9,12,14H,3-4,6-7,10-11H2,1-2H3,(H,20,21);3-6H,1-2H3;2H,1H3. The minimum atomic E-state index is -0.120. The van der Waals surface area contributed by atoms with Crippen molar-refractivity contribution in [2.24, 2.45) is 18.4 Å². The molecule has 5 rings (SSSR count). The molecule has 0 radical (unpaired) electrons. The molecule has 1 aromatic carbocycles. The second kappa shape index (κ2) is 13.6. The second-order valence-electron chi connectivity index (χ2n) is 9.90. The smallest absolute Gasteiger partial charge is 0.287 e. The van der Waals surface area contributed by atoms with Gasteiger partial charge in [-0.05, 0) is 67.0 Å². The third kappa shape index (κ3) is 8.06. The summed E-state index contributed by atoms with van der Waals surface area (Å²) in [5, 5.41) is 14.1. The van der Waals surface area contributed by atoms with Crippen LogP contribution in [0.1, 0.15) is 79.4 Å². The summed E-state index contributed by atoms with van der Waals surface area (Å²) in [5.41, 5.74) is 3.11. The number of ketones is 1. The molecule has 1 saturated carbocycles. The van der Waals surface area contributed by atoms with Gasteiger partial charge >= 0.3 is 0 Å². The molecule has 0 saturated heterocycles. The molecule has 0 spiro atoms. The van der Waals surface area contributed by atoms with E-state index in [2.05, 4.69) is 39.7 Å². The van der Waals surface area contributed by atoms with Gasteiger partial charge in [0.15, 0.2) is 17.1 Å². The highest BCUT2D eigenvalue weighted by Gasteiger charge is 2.51. The first-order valence-corrected chi connectivity index (χ1v) is 13.1. The van der Waals surface area contributed by atoms with E-state index in [4.69, 9.17) is 4.42 Å². The van der Waals surface area contributed by atoms with E-state index >= 15 is 0 Å².